The van der Waals surface area contributed by atoms with Gasteiger partial charge in [0.25, 0.3) is 5.91 Å². The largest absolute Gasteiger partial charge is 0.345 e. The van der Waals surface area contributed by atoms with Crippen molar-refractivity contribution in [2.75, 3.05) is 4.90 Å². The Hall–Kier alpha value is -4.28. The lowest BCUT2D eigenvalue weighted by molar-refractivity contribution is -0.143. The molecule has 37 heavy (non-hydrogen) atoms. The van der Waals surface area contributed by atoms with Gasteiger partial charge in [0.15, 0.2) is 0 Å². The number of alkyl halides is 2. The van der Waals surface area contributed by atoms with Crippen LogP contribution in [0.2, 0.25) is 0 Å². The summed E-state index contributed by atoms with van der Waals surface area (Å²) in [7, 11) is 0. The van der Waals surface area contributed by atoms with Crippen LogP contribution in [0.15, 0.2) is 66.9 Å². The number of amides is 2. The van der Waals surface area contributed by atoms with E-state index < -0.39 is 47.3 Å². The molecule has 1 aliphatic rings. The summed E-state index contributed by atoms with van der Waals surface area (Å²) in [6.07, 6.45) is 1.14. The van der Waals surface area contributed by atoms with E-state index in [-0.39, 0.29) is 12.0 Å². The second-order valence-corrected chi connectivity index (χ2v) is 8.82. The lowest BCUT2D eigenvalue weighted by Crippen LogP contribution is -2.46. The van der Waals surface area contributed by atoms with Crippen molar-refractivity contribution >= 4 is 28.4 Å². The number of fused-ring (bicyclic) bond motifs is 1. The Morgan fingerprint density at radius 2 is 1.65 bits per heavy atom. The molecule has 11 heteroatoms. The van der Waals surface area contributed by atoms with Crippen LogP contribution in [0.1, 0.15) is 24.9 Å². The van der Waals surface area contributed by atoms with Crippen LogP contribution in [0, 0.1) is 17.5 Å². The molecule has 3 aromatic carbocycles. The number of carbonyl (C=O) groups excluding carboxylic acids is 2. The number of halogens is 5. The third-order valence-corrected chi connectivity index (χ3v) is 6.22. The van der Waals surface area contributed by atoms with Crippen LogP contribution < -0.4 is 10.2 Å². The van der Waals surface area contributed by atoms with Gasteiger partial charge in [-0.2, -0.15) is 13.9 Å². The summed E-state index contributed by atoms with van der Waals surface area (Å²) in [5.74, 6) is -8.14. The van der Waals surface area contributed by atoms with Crippen LogP contribution in [-0.4, -0.2) is 33.6 Å². The van der Waals surface area contributed by atoms with E-state index >= 15 is 0 Å². The van der Waals surface area contributed by atoms with Gasteiger partial charge in [-0.15, -0.1) is 0 Å². The van der Waals surface area contributed by atoms with Gasteiger partial charge in [-0.1, -0.05) is 6.07 Å². The van der Waals surface area contributed by atoms with E-state index in [0.717, 1.165) is 12.1 Å². The molecule has 1 fully saturated rings. The maximum Gasteiger partial charge on any atom is 0.321 e. The quantitative estimate of drug-likeness (QED) is 0.379. The summed E-state index contributed by atoms with van der Waals surface area (Å²) in [6.45, 7) is 0.414. The van der Waals surface area contributed by atoms with Crippen molar-refractivity contribution in [1.82, 2.24) is 15.1 Å². The third kappa shape index (κ3) is 4.52. The number of rotatable bonds is 5. The van der Waals surface area contributed by atoms with Gasteiger partial charge >= 0.3 is 5.92 Å². The van der Waals surface area contributed by atoms with Gasteiger partial charge in [0, 0.05) is 36.0 Å². The summed E-state index contributed by atoms with van der Waals surface area (Å²) >= 11 is 0. The molecule has 1 aromatic heterocycles. The molecule has 4 aromatic rings. The Balaban J connectivity index is 1.57. The van der Waals surface area contributed by atoms with Crippen molar-refractivity contribution < 1.29 is 31.5 Å². The SMILES string of the molecule is CC(F)(F)C(=O)NC1CC(=O)N(c2ccc3c(cnn3-c3ccc(F)cc3)c2)C1c1ccc(F)cc1F. The zero-order chi connectivity index (χ0) is 26.5. The van der Waals surface area contributed by atoms with Crippen LogP contribution in [0.3, 0.4) is 0 Å². The van der Waals surface area contributed by atoms with E-state index in [9.17, 15) is 31.5 Å². The van der Waals surface area contributed by atoms with E-state index in [1.165, 1.54) is 23.2 Å². The smallest absolute Gasteiger partial charge is 0.321 e. The first kappa shape index (κ1) is 24.4. The number of carbonyl (C=O) groups is 2. The summed E-state index contributed by atoms with van der Waals surface area (Å²) in [5.41, 5.74) is 1.38. The van der Waals surface area contributed by atoms with Gasteiger partial charge in [0.2, 0.25) is 5.91 Å². The van der Waals surface area contributed by atoms with Crippen molar-refractivity contribution in [3.63, 3.8) is 0 Å². The van der Waals surface area contributed by atoms with E-state index in [2.05, 4.69) is 10.4 Å². The van der Waals surface area contributed by atoms with Crippen molar-refractivity contribution in [1.29, 1.82) is 0 Å². The number of hydrogen-bond acceptors (Lipinski definition) is 3. The Morgan fingerprint density at radius 1 is 0.973 bits per heavy atom. The molecule has 190 valence electrons. The maximum atomic E-state index is 14.9. The summed E-state index contributed by atoms with van der Waals surface area (Å²) < 4.78 is 70.6. The highest BCUT2D eigenvalue weighted by Gasteiger charge is 2.46. The average molecular weight is 514 g/mol. The molecule has 1 saturated heterocycles. The molecular weight excluding hydrogens is 495 g/mol. The summed E-state index contributed by atoms with van der Waals surface area (Å²) in [4.78, 5) is 26.3. The first-order valence-corrected chi connectivity index (χ1v) is 11.2. The molecule has 0 saturated carbocycles. The Labute approximate surface area is 207 Å². The molecule has 2 amide bonds. The molecule has 6 nitrogen and oxygen atoms in total. The van der Waals surface area contributed by atoms with Gasteiger partial charge in [0.05, 0.1) is 29.5 Å². The van der Waals surface area contributed by atoms with Gasteiger partial charge in [-0.05, 0) is 48.5 Å². The predicted octanol–water partition coefficient (Wildman–Crippen LogP) is 5.06. The highest BCUT2D eigenvalue weighted by atomic mass is 19.3. The van der Waals surface area contributed by atoms with Crippen LogP contribution in [0.5, 0.6) is 0 Å². The van der Waals surface area contributed by atoms with E-state index in [1.807, 2.05) is 0 Å². The molecule has 0 bridgehead atoms. The van der Waals surface area contributed by atoms with E-state index in [0.29, 0.717) is 35.3 Å². The zero-order valence-electron chi connectivity index (χ0n) is 19.3. The Morgan fingerprint density at radius 3 is 2.32 bits per heavy atom. The molecule has 2 unspecified atom stereocenters. The Kier molecular flexibility index (Phi) is 5.93. The Bertz CT molecular complexity index is 1510. The fraction of sp³-hybridized carbons (Fsp3) is 0.192. The fourth-order valence-corrected chi connectivity index (χ4v) is 4.52. The minimum Gasteiger partial charge on any atom is -0.345 e. The molecule has 5 rings (SSSR count). The lowest BCUT2D eigenvalue weighted by Gasteiger charge is -2.30. The molecular formula is C26H19F5N4O2. The predicted molar refractivity (Wildman–Crippen MR) is 125 cm³/mol. The lowest BCUT2D eigenvalue weighted by atomic mass is 9.98. The molecule has 0 spiro atoms. The van der Waals surface area contributed by atoms with Crippen LogP contribution in [-0.2, 0) is 9.59 Å². The number of anilines is 1. The number of benzene rings is 3. The second kappa shape index (κ2) is 8.99. The maximum absolute atomic E-state index is 14.9. The topological polar surface area (TPSA) is 67.2 Å². The van der Waals surface area contributed by atoms with Crippen LogP contribution in [0.25, 0.3) is 16.6 Å². The minimum atomic E-state index is -3.73. The number of aromatic nitrogens is 2. The highest BCUT2D eigenvalue weighted by molar-refractivity contribution is 6.00. The second-order valence-electron chi connectivity index (χ2n) is 8.82. The number of nitrogens with one attached hydrogen (secondary N) is 1. The fourth-order valence-electron chi connectivity index (χ4n) is 4.52. The summed E-state index contributed by atoms with van der Waals surface area (Å²) in [5, 5.41) is 7.04. The van der Waals surface area contributed by atoms with Gasteiger partial charge in [0.1, 0.15) is 17.5 Å². The monoisotopic (exact) mass is 514 g/mol. The normalized spacial score (nSPS) is 18.0. The number of hydrogen-bond donors (Lipinski definition) is 1. The molecule has 1 aliphatic heterocycles. The van der Waals surface area contributed by atoms with Crippen molar-refractivity contribution in [3.8, 4) is 5.69 Å². The van der Waals surface area contributed by atoms with Crippen LogP contribution >= 0.6 is 0 Å². The van der Waals surface area contributed by atoms with E-state index in [4.69, 9.17) is 0 Å². The van der Waals surface area contributed by atoms with Crippen LogP contribution in [0.4, 0.5) is 27.6 Å². The third-order valence-electron chi connectivity index (χ3n) is 6.22. The molecule has 0 radical (unpaired) electrons. The minimum absolute atomic E-state index is 0.140. The van der Waals surface area contributed by atoms with Crippen molar-refractivity contribution in [2.45, 2.75) is 31.4 Å². The first-order chi connectivity index (χ1) is 17.5. The van der Waals surface area contributed by atoms with Gasteiger partial charge < -0.3 is 10.2 Å². The molecule has 2 atom stereocenters. The molecule has 2 heterocycles. The van der Waals surface area contributed by atoms with Gasteiger partial charge in [-0.25, -0.2) is 17.9 Å². The standard InChI is InChI=1S/C26H19F5N4O2/c1-26(30,31)25(37)33-21-12-23(36)34(24(21)19-8-4-16(28)11-20(19)29)18-7-9-22-14(10-18)13-32-35(22)17-5-2-15(27)3-6-17/h2-11,13,21,24H,12H2,1H3,(H,33,37). The zero-order valence-corrected chi connectivity index (χ0v) is 19.3. The molecule has 1 N–H and O–H groups in total. The van der Waals surface area contributed by atoms with Crippen molar-refractivity contribution in [3.05, 3.63) is 89.9 Å². The van der Waals surface area contributed by atoms with Gasteiger partial charge in [-0.3, -0.25) is 9.59 Å². The number of nitrogens with zero attached hydrogens (tertiary/aromatic N) is 3. The first-order valence-electron chi connectivity index (χ1n) is 11.2. The molecule has 0 aliphatic carbocycles. The van der Waals surface area contributed by atoms with Crippen molar-refractivity contribution in [2.24, 2.45) is 0 Å². The average Bonchev–Trinajstić information content (AvgIpc) is 3.39. The van der Waals surface area contributed by atoms with E-state index in [1.54, 1.807) is 35.0 Å². The summed E-state index contributed by atoms with van der Waals surface area (Å²) in [6, 6.07) is 10.8. The highest BCUT2D eigenvalue weighted by Crippen LogP contribution is 2.40.